The average molecular weight is 236 g/mol. The third-order valence-corrected chi connectivity index (χ3v) is 3.09. The highest BCUT2D eigenvalue weighted by molar-refractivity contribution is 5.68. The number of hydrogen-bond acceptors (Lipinski definition) is 4. The standard InChI is InChI=1S/C13H20N2O2/c1-10-9-15(8-7-14-10)13-11(16-2)5-4-6-12(13)17-3/h4-6,10,14H,7-9H2,1-3H3. The lowest BCUT2D eigenvalue weighted by atomic mass is 10.1. The van der Waals surface area contributed by atoms with E-state index in [2.05, 4.69) is 17.1 Å². The molecule has 0 bridgehead atoms. The van der Waals surface area contributed by atoms with Gasteiger partial charge in [0.15, 0.2) is 0 Å². The third kappa shape index (κ3) is 2.47. The lowest BCUT2D eigenvalue weighted by Gasteiger charge is -2.35. The van der Waals surface area contributed by atoms with E-state index >= 15 is 0 Å². The quantitative estimate of drug-likeness (QED) is 0.862. The largest absolute Gasteiger partial charge is 0.494 e. The molecule has 0 spiro atoms. The Morgan fingerprint density at radius 3 is 2.41 bits per heavy atom. The molecule has 1 heterocycles. The summed E-state index contributed by atoms with van der Waals surface area (Å²) in [7, 11) is 3.40. The minimum Gasteiger partial charge on any atom is -0.494 e. The first-order chi connectivity index (χ1) is 8.26. The number of nitrogens with zero attached hydrogens (tertiary/aromatic N) is 1. The van der Waals surface area contributed by atoms with E-state index in [4.69, 9.17) is 9.47 Å². The van der Waals surface area contributed by atoms with Crippen LogP contribution in [-0.4, -0.2) is 39.9 Å². The van der Waals surface area contributed by atoms with Gasteiger partial charge >= 0.3 is 0 Å². The molecule has 0 radical (unpaired) electrons. The van der Waals surface area contributed by atoms with Crippen molar-refractivity contribution in [1.29, 1.82) is 0 Å². The summed E-state index contributed by atoms with van der Waals surface area (Å²) in [6.45, 7) is 5.12. The molecule has 2 rings (SSSR count). The van der Waals surface area contributed by atoms with E-state index in [0.717, 1.165) is 36.8 Å². The van der Waals surface area contributed by atoms with Gasteiger partial charge in [0.2, 0.25) is 0 Å². The summed E-state index contributed by atoms with van der Waals surface area (Å²) in [5.41, 5.74) is 1.06. The van der Waals surface area contributed by atoms with Gasteiger partial charge in [-0.05, 0) is 19.1 Å². The number of methoxy groups -OCH3 is 2. The van der Waals surface area contributed by atoms with Crippen LogP contribution < -0.4 is 19.7 Å². The third-order valence-electron chi connectivity index (χ3n) is 3.09. The summed E-state index contributed by atoms with van der Waals surface area (Å²) in [6, 6.07) is 6.39. The molecular weight excluding hydrogens is 216 g/mol. The number of piperazine rings is 1. The monoisotopic (exact) mass is 236 g/mol. The fourth-order valence-electron chi connectivity index (χ4n) is 2.28. The number of rotatable bonds is 3. The van der Waals surface area contributed by atoms with E-state index in [1.807, 2.05) is 18.2 Å². The van der Waals surface area contributed by atoms with E-state index < -0.39 is 0 Å². The topological polar surface area (TPSA) is 33.7 Å². The summed E-state index contributed by atoms with van der Waals surface area (Å²) in [5.74, 6) is 1.75. The zero-order valence-electron chi connectivity index (χ0n) is 10.7. The predicted molar refractivity (Wildman–Crippen MR) is 69.2 cm³/mol. The summed E-state index contributed by atoms with van der Waals surface area (Å²) in [5, 5.41) is 3.43. The number of anilines is 1. The molecule has 1 aliphatic heterocycles. The van der Waals surface area contributed by atoms with Crippen molar-refractivity contribution in [3.05, 3.63) is 18.2 Å². The van der Waals surface area contributed by atoms with E-state index in [-0.39, 0.29) is 0 Å². The number of benzene rings is 1. The minimum absolute atomic E-state index is 0.485. The fourth-order valence-corrected chi connectivity index (χ4v) is 2.28. The lowest BCUT2D eigenvalue weighted by Crippen LogP contribution is -2.49. The lowest BCUT2D eigenvalue weighted by molar-refractivity contribution is 0.388. The number of para-hydroxylation sites is 1. The zero-order valence-corrected chi connectivity index (χ0v) is 10.7. The first kappa shape index (κ1) is 12.0. The molecule has 1 saturated heterocycles. The first-order valence-electron chi connectivity index (χ1n) is 5.95. The maximum Gasteiger partial charge on any atom is 0.145 e. The maximum atomic E-state index is 5.43. The normalized spacial score (nSPS) is 20.2. The van der Waals surface area contributed by atoms with Crippen LogP contribution in [0.15, 0.2) is 18.2 Å². The van der Waals surface area contributed by atoms with Crippen molar-refractivity contribution in [2.45, 2.75) is 13.0 Å². The van der Waals surface area contributed by atoms with Crippen LogP contribution in [0.5, 0.6) is 11.5 Å². The second kappa shape index (κ2) is 5.27. The van der Waals surface area contributed by atoms with Gasteiger partial charge in [0.25, 0.3) is 0 Å². The van der Waals surface area contributed by atoms with Gasteiger partial charge in [-0.25, -0.2) is 0 Å². The Morgan fingerprint density at radius 1 is 1.24 bits per heavy atom. The van der Waals surface area contributed by atoms with Crippen LogP contribution in [0.2, 0.25) is 0 Å². The molecule has 0 saturated carbocycles. The molecule has 1 unspecified atom stereocenters. The van der Waals surface area contributed by atoms with E-state index in [1.165, 1.54) is 0 Å². The summed E-state index contributed by atoms with van der Waals surface area (Å²) in [6.07, 6.45) is 0. The van der Waals surface area contributed by atoms with Crippen molar-refractivity contribution >= 4 is 5.69 Å². The molecule has 0 amide bonds. The van der Waals surface area contributed by atoms with Gasteiger partial charge in [0, 0.05) is 25.7 Å². The second-order valence-corrected chi connectivity index (χ2v) is 4.31. The molecule has 4 nitrogen and oxygen atoms in total. The highest BCUT2D eigenvalue weighted by Gasteiger charge is 2.22. The number of hydrogen-bond donors (Lipinski definition) is 1. The van der Waals surface area contributed by atoms with Gasteiger partial charge < -0.3 is 19.7 Å². The van der Waals surface area contributed by atoms with Gasteiger partial charge in [-0.2, -0.15) is 0 Å². The van der Waals surface area contributed by atoms with Crippen LogP contribution >= 0.6 is 0 Å². The summed E-state index contributed by atoms with van der Waals surface area (Å²) < 4.78 is 10.9. The average Bonchev–Trinajstić information content (AvgIpc) is 2.37. The van der Waals surface area contributed by atoms with Crippen molar-refractivity contribution in [3.8, 4) is 11.5 Å². The van der Waals surface area contributed by atoms with Gasteiger partial charge in [0.1, 0.15) is 17.2 Å². The SMILES string of the molecule is COc1cccc(OC)c1N1CCNC(C)C1. The second-order valence-electron chi connectivity index (χ2n) is 4.31. The Morgan fingerprint density at radius 2 is 1.88 bits per heavy atom. The highest BCUT2D eigenvalue weighted by Crippen LogP contribution is 2.37. The van der Waals surface area contributed by atoms with Gasteiger partial charge in [-0.15, -0.1) is 0 Å². The van der Waals surface area contributed by atoms with E-state index in [0.29, 0.717) is 6.04 Å². The zero-order chi connectivity index (χ0) is 12.3. The van der Waals surface area contributed by atoms with Crippen molar-refractivity contribution < 1.29 is 9.47 Å². The van der Waals surface area contributed by atoms with E-state index in [9.17, 15) is 0 Å². The van der Waals surface area contributed by atoms with Crippen LogP contribution in [0.4, 0.5) is 5.69 Å². The molecule has 4 heteroatoms. The molecule has 1 aromatic carbocycles. The van der Waals surface area contributed by atoms with Crippen molar-refractivity contribution in [1.82, 2.24) is 5.32 Å². The fraction of sp³-hybridized carbons (Fsp3) is 0.538. The van der Waals surface area contributed by atoms with Crippen molar-refractivity contribution in [2.75, 3.05) is 38.8 Å². The smallest absolute Gasteiger partial charge is 0.145 e. The van der Waals surface area contributed by atoms with Crippen LogP contribution in [0.3, 0.4) is 0 Å². The maximum absolute atomic E-state index is 5.43. The van der Waals surface area contributed by atoms with Crippen LogP contribution in [0, 0.1) is 0 Å². The minimum atomic E-state index is 0.485. The van der Waals surface area contributed by atoms with Crippen LogP contribution in [-0.2, 0) is 0 Å². The Bertz CT molecular complexity index is 359. The molecular formula is C13H20N2O2. The van der Waals surface area contributed by atoms with Gasteiger partial charge in [-0.1, -0.05) is 6.07 Å². The molecule has 1 N–H and O–H groups in total. The molecule has 0 aromatic heterocycles. The first-order valence-corrected chi connectivity index (χ1v) is 5.95. The molecule has 1 aliphatic rings. The Kier molecular flexibility index (Phi) is 3.74. The Labute approximate surface area is 103 Å². The number of nitrogens with one attached hydrogen (secondary N) is 1. The van der Waals surface area contributed by atoms with Crippen molar-refractivity contribution in [3.63, 3.8) is 0 Å². The van der Waals surface area contributed by atoms with Crippen molar-refractivity contribution in [2.24, 2.45) is 0 Å². The van der Waals surface area contributed by atoms with Crippen LogP contribution in [0.25, 0.3) is 0 Å². The molecule has 94 valence electrons. The summed E-state index contributed by atoms with van der Waals surface area (Å²) in [4.78, 5) is 2.32. The highest BCUT2D eigenvalue weighted by atomic mass is 16.5. The molecule has 0 aliphatic carbocycles. The van der Waals surface area contributed by atoms with Gasteiger partial charge in [-0.3, -0.25) is 0 Å². The van der Waals surface area contributed by atoms with E-state index in [1.54, 1.807) is 14.2 Å². The predicted octanol–water partition coefficient (Wildman–Crippen LogP) is 1.50. The number of ether oxygens (including phenoxy) is 2. The van der Waals surface area contributed by atoms with Gasteiger partial charge in [0.05, 0.1) is 14.2 Å². The Hall–Kier alpha value is -1.42. The molecule has 17 heavy (non-hydrogen) atoms. The summed E-state index contributed by atoms with van der Waals surface area (Å²) >= 11 is 0. The molecule has 1 aromatic rings. The Balaban J connectivity index is 2.34. The molecule has 1 atom stereocenters. The van der Waals surface area contributed by atoms with Crippen LogP contribution in [0.1, 0.15) is 6.92 Å². The molecule has 1 fully saturated rings.